The zero-order valence-electron chi connectivity index (χ0n) is 25.6. The van der Waals surface area contributed by atoms with E-state index in [-0.39, 0.29) is 10.8 Å². The summed E-state index contributed by atoms with van der Waals surface area (Å²) in [6.45, 7) is 9.53. The molecule has 1 heterocycles. The van der Waals surface area contributed by atoms with Crippen LogP contribution >= 0.6 is 0 Å². The Labute approximate surface area is 259 Å². The van der Waals surface area contributed by atoms with Crippen LogP contribution in [-0.2, 0) is 10.8 Å². The molecule has 1 aliphatic carbocycles. The first kappa shape index (κ1) is 26.5. The van der Waals surface area contributed by atoms with E-state index in [4.69, 9.17) is 4.42 Å². The molecule has 0 spiro atoms. The number of furan rings is 1. The van der Waals surface area contributed by atoms with Crippen molar-refractivity contribution in [1.82, 2.24) is 0 Å². The average Bonchev–Trinajstić information content (AvgIpc) is 3.44. The van der Waals surface area contributed by atoms with Crippen molar-refractivity contribution in [3.8, 4) is 22.3 Å². The third-order valence-electron chi connectivity index (χ3n) is 10.2. The van der Waals surface area contributed by atoms with E-state index in [1.807, 2.05) is 12.1 Å². The smallest absolute Gasteiger partial charge is 0.159 e. The lowest BCUT2D eigenvalue weighted by Crippen LogP contribution is -2.43. The summed E-state index contributed by atoms with van der Waals surface area (Å²) < 4.78 is 6.47. The van der Waals surface area contributed by atoms with Crippen molar-refractivity contribution in [3.05, 3.63) is 151 Å². The summed E-state index contributed by atoms with van der Waals surface area (Å²) in [5, 5.41) is 2.25. The maximum absolute atomic E-state index is 6.47. The van der Waals surface area contributed by atoms with E-state index in [0.717, 1.165) is 39.0 Å². The molecule has 214 valence electrons. The van der Waals surface area contributed by atoms with Crippen molar-refractivity contribution in [2.24, 2.45) is 0 Å². The highest BCUT2D eigenvalue weighted by Crippen LogP contribution is 2.54. The lowest BCUT2D eigenvalue weighted by molar-refractivity contribution is 0.299. The van der Waals surface area contributed by atoms with Gasteiger partial charge in [-0.1, -0.05) is 125 Å². The van der Waals surface area contributed by atoms with Crippen LogP contribution in [0.1, 0.15) is 38.8 Å². The second kappa shape index (κ2) is 9.72. The van der Waals surface area contributed by atoms with Crippen molar-refractivity contribution in [1.29, 1.82) is 0 Å². The van der Waals surface area contributed by atoms with Crippen molar-refractivity contribution >= 4 is 39.0 Å². The molecular weight excluding hydrogens is 534 g/mol. The lowest BCUT2D eigenvalue weighted by atomic mass is 9.55. The third-order valence-corrected chi connectivity index (χ3v) is 10.2. The molecule has 1 aliphatic rings. The number of nitrogens with zero attached hydrogens (tertiary/aromatic N) is 1. The summed E-state index contributed by atoms with van der Waals surface area (Å²) in [7, 11) is 0. The summed E-state index contributed by atoms with van der Waals surface area (Å²) in [6, 6.07) is 50.1. The van der Waals surface area contributed by atoms with E-state index in [1.165, 1.54) is 33.4 Å². The van der Waals surface area contributed by atoms with Crippen LogP contribution in [-0.4, -0.2) is 0 Å². The fraction of sp³-hybridized carbons (Fsp3) is 0.143. The molecule has 0 unspecified atom stereocenters. The van der Waals surface area contributed by atoms with Gasteiger partial charge in [0.05, 0.1) is 5.69 Å². The summed E-state index contributed by atoms with van der Waals surface area (Å²) in [5.41, 5.74) is 13.0. The molecule has 7 aromatic rings. The molecule has 0 fully saturated rings. The van der Waals surface area contributed by atoms with Crippen LogP contribution in [0.15, 0.2) is 144 Å². The van der Waals surface area contributed by atoms with Crippen molar-refractivity contribution < 1.29 is 4.42 Å². The Kier molecular flexibility index (Phi) is 5.86. The zero-order valence-corrected chi connectivity index (χ0v) is 25.6. The molecule has 2 heteroatoms. The highest BCUT2D eigenvalue weighted by atomic mass is 16.3. The van der Waals surface area contributed by atoms with Gasteiger partial charge in [-0.3, -0.25) is 0 Å². The van der Waals surface area contributed by atoms with Gasteiger partial charge in [-0.25, -0.2) is 0 Å². The van der Waals surface area contributed by atoms with Crippen LogP contribution in [0, 0.1) is 0 Å². The predicted octanol–water partition coefficient (Wildman–Crippen LogP) is 12.0. The molecule has 0 radical (unpaired) electrons. The number of para-hydroxylation sites is 3. The monoisotopic (exact) mass is 569 g/mol. The minimum atomic E-state index is 0.00688. The van der Waals surface area contributed by atoms with Crippen LogP contribution in [0.2, 0.25) is 0 Å². The van der Waals surface area contributed by atoms with Gasteiger partial charge in [-0.2, -0.15) is 0 Å². The summed E-state index contributed by atoms with van der Waals surface area (Å²) in [5.74, 6) is 0. The van der Waals surface area contributed by atoms with Gasteiger partial charge >= 0.3 is 0 Å². The first-order valence-electron chi connectivity index (χ1n) is 15.4. The second-order valence-corrected chi connectivity index (χ2v) is 13.0. The van der Waals surface area contributed by atoms with Gasteiger partial charge in [-0.05, 0) is 86.7 Å². The standard InChI is InChI=1S/C42H35NO/c1-41(2)36-18-10-8-15-32(36)35-27-29(23-26-37(35)42(41,3)4)28-21-24-31(25-22-28)43(30-13-6-5-7-14-30)38-19-12-17-34-33-16-9-11-20-39(33)44-40(34)38/h5-27H,1-4H3. The predicted molar refractivity (Wildman–Crippen MR) is 185 cm³/mol. The second-order valence-electron chi connectivity index (χ2n) is 13.0. The Hall–Kier alpha value is -5.08. The third kappa shape index (κ3) is 3.87. The molecule has 0 saturated carbocycles. The van der Waals surface area contributed by atoms with E-state index in [2.05, 4.69) is 160 Å². The maximum Gasteiger partial charge on any atom is 0.159 e. The van der Waals surface area contributed by atoms with E-state index in [1.54, 1.807) is 0 Å². The normalized spacial score (nSPS) is 14.7. The minimum absolute atomic E-state index is 0.00688. The summed E-state index contributed by atoms with van der Waals surface area (Å²) >= 11 is 0. The van der Waals surface area contributed by atoms with Gasteiger partial charge in [-0.15, -0.1) is 0 Å². The van der Waals surface area contributed by atoms with Gasteiger partial charge in [0.1, 0.15) is 5.58 Å². The summed E-state index contributed by atoms with van der Waals surface area (Å²) in [6.07, 6.45) is 0. The molecular formula is C42H35NO. The van der Waals surface area contributed by atoms with Gasteiger partial charge < -0.3 is 9.32 Å². The van der Waals surface area contributed by atoms with Gasteiger partial charge in [0.2, 0.25) is 0 Å². The van der Waals surface area contributed by atoms with Crippen LogP contribution in [0.25, 0.3) is 44.2 Å². The minimum Gasteiger partial charge on any atom is -0.454 e. The SMILES string of the molecule is CC1(C)c2ccccc2-c2cc(-c3ccc(N(c4ccccc4)c4cccc5c4oc4ccccc45)cc3)ccc2C1(C)C. The van der Waals surface area contributed by atoms with Crippen LogP contribution in [0.3, 0.4) is 0 Å². The first-order chi connectivity index (χ1) is 21.3. The Bertz CT molecular complexity index is 2170. The topological polar surface area (TPSA) is 16.4 Å². The maximum atomic E-state index is 6.47. The fourth-order valence-corrected chi connectivity index (χ4v) is 7.14. The molecule has 2 nitrogen and oxygen atoms in total. The van der Waals surface area contributed by atoms with Gasteiger partial charge in [0.25, 0.3) is 0 Å². The van der Waals surface area contributed by atoms with E-state index in [9.17, 15) is 0 Å². The van der Waals surface area contributed by atoms with Gasteiger partial charge in [0, 0.05) is 22.1 Å². The molecule has 6 aromatic carbocycles. The number of fused-ring (bicyclic) bond motifs is 6. The molecule has 44 heavy (non-hydrogen) atoms. The Morgan fingerprint density at radius 2 is 1.09 bits per heavy atom. The molecule has 0 atom stereocenters. The Morgan fingerprint density at radius 1 is 0.477 bits per heavy atom. The highest BCUT2D eigenvalue weighted by Gasteiger charge is 2.45. The number of hydrogen-bond acceptors (Lipinski definition) is 2. The van der Waals surface area contributed by atoms with E-state index >= 15 is 0 Å². The number of hydrogen-bond donors (Lipinski definition) is 0. The zero-order chi connectivity index (χ0) is 30.1. The largest absolute Gasteiger partial charge is 0.454 e. The van der Waals surface area contributed by atoms with Crippen LogP contribution < -0.4 is 4.90 Å². The molecule has 8 rings (SSSR count). The Morgan fingerprint density at radius 3 is 1.89 bits per heavy atom. The van der Waals surface area contributed by atoms with E-state index in [0.29, 0.717) is 0 Å². The molecule has 0 amide bonds. The number of rotatable bonds is 4. The average molecular weight is 570 g/mol. The fourth-order valence-electron chi connectivity index (χ4n) is 7.14. The first-order valence-corrected chi connectivity index (χ1v) is 15.4. The van der Waals surface area contributed by atoms with Crippen molar-refractivity contribution in [3.63, 3.8) is 0 Å². The lowest BCUT2D eigenvalue weighted by Gasteiger charge is -2.48. The molecule has 1 aromatic heterocycles. The molecule has 0 N–H and O–H groups in total. The van der Waals surface area contributed by atoms with Crippen molar-refractivity contribution in [2.75, 3.05) is 4.90 Å². The quantitative estimate of drug-likeness (QED) is 0.210. The van der Waals surface area contributed by atoms with Crippen molar-refractivity contribution in [2.45, 2.75) is 38.5 Å². The molecule has 0 saturated heterocycles. The number of benzene rings is 6. The van der Waals surface area contributed by atoms with Crippen LogP contribution in [0.5, 0.6) is 0 Å². The Balaban J connectivity index is 1.24. The highest BCUT2D eigenvalue weighted by molar-refractivity contribution is 6.10. The van der Waals surface area contributed by atoms with Gasteiger partial charge in [0.15, 0.2) is 5.58 Å². The molecule has 0 bridgehead atoms. The van der Waals surface area contributed by atoms with Crippen LogP contribution in [0.4, 0.5) is 17.1 Å². The summed E-state index contributed by atoms with van der Waals surface area (Å²) in [4.78, 5) is 2.29. The molecule has 0 aliphatic heterocycles. The number of anilines is 3. The van der Waals surface area contributed by atoms with E-state index < -0.39 is 0 Å².